The van der Waals surface area contributed by atoms with Crippen molar-refractivity contribution in [3.63, 3.8) is 0 Å². The number of halogens is 1. The number of pyridine rings is 1. The molecule has 2 nitrogen and oxygen atoms in total. The molecular weight excluding hydrogens is 320 g/mol. The molecular formula is C15H13BrN2S. The topological polar surface area (TPSA) is 24.9 Å². The Labute approximate surface area is 124 Å². The Bertz CT molecular complexity index is 703. The van der Waals surface area contributed by atoms with Crippen LogP contribution < -0.4 is 5.32 Å². The molecule has 19 heavy (non-hydrogen) atoms. The van der Waals surface area contributed by atoms with Crippen molar-refractivity contribution in [1.29, 1.82) is 0 Å². The summed E-state index contributed by atoms with van der Waals surface area (Å²) in [5.41, 5.74) is 2.28. The first kappa shape index (κ1) is 12.8. The van der Waals surface area contributed by atoms with E-state index in [0.29, 0.717) is 0 Å². The van der Waals surface area contributed by atoms with Crippen molar-refractivity contribution in [2.24, 2.45) is 0 Å². The molecule has 1 N–H and O–H groups in total. The van der Waals surface area contributed by atoms with Crippen molar-refractivity contribution >= 4 is 38.2 Å². The van der Waals surface area contributed by atoms with Crippen LogP contribution in [0.5, 0.6) is 0 Å². The summed E-state index contributed by atoms with van der Waals surface area (Å²) in [7, 11) is 1.99. The molecule has 0 radical (unpaired) electrons. The monoisotopic (exact) mass is 332 g/mol. The van der Waals surface area contributed by atoms with Crippen molar-refractivity contribution in [3.05, 3.63) is 62.9 Å². The predicted molar refractivity (Wildman–Crippen MR) is 84.7 cm³/mol. The maximum atomic E-state index is 4.54. The minimum atomic E-state index is 0.176. The van der Waals surface area contributed by atoms with Crippen molar-refractivity contribution in [1.82, 2.24) is 10.3 Å². The number of nitrogens with one attached hydrogen (secondary N) is 1. The van der Waals surface area contributed by atoms with E-state index in [0.717, 1.165) is 9.30 Å². The van der Waals surface area contributed by atoms with Crippen LogP contribution in [0, 0.1) is 0 Å². The van der Waals surface area contributed by atoms with E-state index in [1.165, 1.54) is 15.8 Å². The van der Waals surface area contributed by atoms with Crippen LogP contribution in [0.1, 0.15) is 16.5 Å². The van der Waals surface area contributed by atoms with Gasteiger partial charge in [0.25, 0.3) is 0 Å². The molecule has 0 aliphatic rings. The first-order valence-corrected chi connectivity index (χ1v) is 7.66. The second-order valence-electron chi connectivity index (χ2n) is 4.29. The molecule has 96 valence electrons. The molecule has 4 heteroatoms. The minimum Gasteiger partial charge on any atom is -0.309 e. The zero-order valence-corrected chi connectivity index (χ0v) is 12.8. The highest BCUT2D eigenvalue weighted by Crippen LogP contribution is 2.33. The number of thiophene rings is 1. The maximum absolute atomic E-state index is 4.54. The number of aromatic nitrogens is 1. The Morgan fingerprint density at radius 1 is 1.16 bits per heavy atom. The Kier molecular flexibility index (Phi) is 3.64. The van der Waals surface area contributed by atoms with Crippen molar-refractivity contribution in [2.45, 2.75) is 6.04 Å². The van der Waals surface area contributed by atoms with Gasteiger partial charge in [-0.2, -0.15) is 0 Å². The molecule has 3 aromatic rings. The van der Waals surface area contributed by atoms with Crippen molar-refractivity contribution < 1.29 is 0 Å². The summed E-state index contributed by atoms with van der Waals surface area (Å²) in [4.78, 5) is 5.82. The van der Waals surface area contributed by atoms with E-state index in [-0.39, 0.29) is 6.04 Å². The number of rotatable bonds is 3. The summed E-state index contributed by atoms with van der Waals surface area (Å²) >= 11 is 5.28. The van der Waals surface area contributed by atoms with Crippen molar-refractivity contribution in [3.8, 4) is 0 Å². The summed E-state index contributed by atoms with van der Waals surface area (Å²) < 4.78 is 1.15. The van der Waals surface area contributed by atoms with Gasteiger partial charge in [0.15, 0.2) is 0 Å². The van der Waals surface area contributed by atoms with E-state index < -0.39 is 0 Å². The van der Waals surface area contributed by atoms with Gasteiger partial charge in [-0.15, -0.1) is 11.3 Å². The molecule has 2 aromatic heterocycles. The third-order valence-electron chi connectivity index (χ3n) is 3.14. The lowest BCUT2D eigenvalue weighted by atomic mass is 10.0. The Morgan fingerprint density at radius 3 is 2.74 bits per heavy atom. The van der Waals surface area contributed by atoms with Crippen LogP contribution in [0.4, 0.5) is 0 Å². The van der Waals surface area contributed by atoms with Gasteiger partial charge in [0.2, 0.25) is 0 Å². The van der Waals surface area contributed by atoms with Crippen molar-refractivity contribution in [2.75, 3.05) is 7.05 Å². The minimum absolute atomic E-state index is 0.176. The van der Waals surface area contributed by atoms with Gasteiger partial charge in [0, 0.05) is 22.0 Å². The molecule has 0 saturated heterocycles. The van der Waals surface area contributed by atoms with Gasteiger partial charge in [0.1, 0.15) is 0 Å². The van der Waals surface area contributed by atoms with Crippen LogP contribution in [0.3, 0.4) is 0 Å². The first-order chi connectivity index (χ1) is 9.29. The van der Waals surface area contributed by atoms with Gasteiger partial charge in [-0.25, -0.2) is 0 Å². The number of nitrogens with zero attached hydrogens (tertiary/aromatic N) is 1. The number of fused-ring (bicyclic) bond motifs is 1. The molecule has 0 aliphatic carbocycles. The number of para-hydroxylation sites is 1. The molecule has 0 aliphatic heterocycles. The fourth-order valence-electron chi connectivity index (χ4n) is 2.30. The Morgan fingerprint density at radius 2 is 2.00 bits per heavy atom. The molecule has 0 saturated carbocycles. The lowest BCUT2D eigenvalue weighted by Gasteiger charge is -2.16. The number of hydrogen-bond donors (Lipinski definition) is 1. The van der Waals surface area contributed by atoms with Gasteiger partial charge in [-0.3, -0.25) is 4.98 Å². The lowest BCUT2D eigenvalue weighted by molar-refractivity contribution is 0.707. The van der Waals surface area contributed by atoms with E-state index in [2.05, 4.69) is 62.6 Å². The number of hydrogen-bond acceptors (Lipinski definition) is 3. The van der Waals surface area contributed by atoms with Gasteiger partial charge in [0.05, 0.1) is 15.3 Å². The fraction of sp³-hybridized carbons (Fsp3) is 0.133. The molecule has 1 aromatic carbocycles. The number of benzene rings is 1. The highest BCUT2D eigenvalue weighted by molar-refractivity contribution is 9.11. The summed E-state index contributed by atoms with van der Waals surface area (Å²) in [5.74, 6) is 0. The molecule has 3 rings (SSSR count). The third kappa shape index (κ3) is 2.43. The average Bonchev–Trinajstić information content (AvgIpc) is 2.86. The summed E-state index contributed by atoms with van der Waals surface area (Å²) in [6.45, 7) is 0. The quantitative estimate of drug-likeness (QED) is 0.770. The molecule has 0 amide bonds. The predicted octanol–water partition coefficient (Wildman–Crippen LogP) is 4.37. The molecule has 1 atom stereocenters. The molecule has 1 unspecified atom stereocenters. The van der Waals surface area contributed by atoms with Crippen LogP contribution in [0.25, 0.3) is 10.9 Å². The Hall–Kier alpha value is -1.23. The lowest BCUT2D eigenvalue weighted by Crippen LogP contribution is -2.17. The fourth-order valence-corrected chi connectivity index (χ4v) is 3.85. The van der Waals surface area contributed by atoms with Gasteiger partial charge >= 0.3 is 0 Å². The standard InChI is InChI=1S/C15H13BrN2S/c1-17-15(12-7-8-13(16)19-12)11-6-2-4-10-5-3-9-18-14(10)11/h2-9,15,17H,1H3. The van der Waals surface area contributed by atoms with Crippen LogP contribution in [-0.4, -0.2) is 12.0 Å². The van der Waals surface area contributed by atoms with E-state index in [9.17, 15) is 0 Å². The molecule has 0 fully saturated rings. The van der Waals surface area contributed by atoms with Gasteiger partial charge < -0.3 is 5.32 Å². The molecule has 2 heterocycles. The van der Waals surface area contributed by atoms with E-state index in [1.54, 1.807) is 11.3 Å². The highest BCUT2D eigenvalue weighted by Gasteiger charge is 2.17. The van der Waals surface area contributed by atoms with Crippen LogP contribution in [0.2, 0.25) is 0 Å². The van der Waals surface area contributed by atoms with E-state index in [1.807, 2.05) is 19.3 Å². The summed E-state index contributed by atoms with van der Waals surface area (Å²) in [6.07, 6.45) is 1.85. The second kappa shape index (κ2) is 5.41. The Balaban J connectivity index is 2.16. The van der Waals surface area contributed by atoms with Gasteiger partial charge in [-0.1, -0.05) is 24.3 Å². The van der Waals surface area contributed by atoms with Crippen LogP contribution in [-0.2, 0) is 0 Å². The molecule has 0 bridgehead atoms. The van der Waals surface area contributed by atoms with Gasteiger partial charge in [-0.05, 0) is 41.2 Å². The zero-order chi connectivity index (χ0) is 13.2. The van der Waals surface area contributed by atoms with E-state index >= 15 is 0 Å². The zero-order valence-electron chi connectivity index (χ0n) is 10.4. The van der Waals surface area contributed by atoms with E-state index in [4.69, 9.17) is 0 Å². The first-order valence-electron chi connectivity index (χ1n) is 6.06. The largest absolute Gasteiger partial charge is 0.309 e. The summed E-state index contributed by atoms with van der Waals surface area (Å²) in [6, 6.07) is 14.8. The van der Waals surface area contributed by atoms with Crippen LogP contribution >= 0.6 is 27.3 Å². The third-order valence-corrected chi connectivity index (χ3v) is 4.83. The maximum Gasteiger partial charge on any atom is 0.0753 e. The summed E-state index contributed by atoms with van der Waals surface area (Å²) in [5, 5.41) is 4.57. The normalized spacial score (nSPS) is 12.7. The molecule has 0 spiro atoms. The smallest absolute Gasteiger partial charge is 0.0753 e. The average molecular weight is 333 g/mol. The highest BCUT2D eigenvalue weighted by atomic mass is 79.9. The van der Waals surface area contributed by atoms with Crippen LogP contribution in [0.15, 0.2) is 52.4 Å². The second-order valence-corrected chi connectivity index (χ2v) is 6.78. The SMILES string of the molecule is CNC(c1ccc(Br)s1)c1cccc2cccnc12.